The summed E-state index contributed by atoms with van der Waals surface area (Å²) in [6.45, 7) is 8.78. The SMILES string of the molecule is CC(C)(C)OC(=O)N1CC[C@H](N2CCCc3cc(Cl)cc(-c4c(F)cnc5cc(COC6CCCCO6)sc45)c32)C1. The molecule has 2 fully saturated rings. The Kier molecular flexibility index (Phi) is 8.15. The number of amides is 1. The molecule has 3 aliphatic heterocycles. The molecule has 1 unspecified atom stereocenters. The van der Waals surface area contributed by atoms with Crippen LogP contribution in [-0.2, 0) is 27.2 Å². The topological polar surface area (TPSA) is 64.1 Å². The highest BCUT2D eigenvalue weighted by Gasteiger charge is 2.36. The number of nitrogens with zero attached hydrogens (tertiary/aromatic N) is 3. The van der Waals surface area contributed by atoms with Gasteiger partial charge in [-0.2, -0.15) is 0 Å². The number of anilines is 1. The van der Waals surface area contributed by atoms with Crippen molar-refractivity contribution in [1.82, 2.24) is 9.88 Å². The Balaban J connectivity index is 1.33. The summed E-state index contributed by atoms with van der Waals surface area (Å²) < 4.78 is 33.9. The Morgan fingerprint density at radius 1 is 1.20 bits per heavy atom. The zero-order valence-electron chi connectivity index (χ0n) is 23.9. The van der Waals surface area contributed by atoms with E-state index >= 15 is 4.39 Å². The molecule has 0 spiro atoms. The Bertz CT molecular complexity index is 1430. The molecule has 0 N–H and O–H groups in total. The van der Waals surface area contributed by atoms with E-state index in [4.69, 9.17) is 25.8 Å². The summed E-state index contributed by atoms with van der Waals surface area (Å²) in [6.07, 6.45) is 6.52. The second kappa shape index (κ2) is 11.7. The van der Waals surface area contributed by atoms with Crippen LogP contribution in [0.2, 0.25) is 5.02 Å². The normalized spacial score (nSPS) is 21.4. The average molecular weight is 602 g/mol. The number of pyridine rings is 1. The van der Waals surface area contributed by atoms with E-state index in [0.717, 1.165) is 83.6 Å². The van der Waals surface area contributed by atoms with Crippen LogP contribution in [0.15, 0.2) is 24.4 Å². The van der Waals surface area contributed by atoms with E-state index in [2.05, 4.69) is 9.88 Å². The lowest BCUT2D eigenvalue weighted by molar-refractivity contribution is -0.168. The van der Waals surface area contributed by atoms with E-state index in [9.17, 15) is 4.79 Å². The minimum absolute atomic E-state index is 0.102. The third kappa shape index (κ3) is 6.19. The summed E-state index contributed by atoms with van der Waals surface area (Å²) in [4.78, 5) is 22.3. The maximum absolute atomic E-state index is 15.8. The first-order valence-corrected chi connectivity index (χ1v) is 15.7. The molecule has 0 saturated carbocycles. The highest BCUT2D eigenvalue weighted by molar-refractivity contribution is 7.19. The van der Waals surface area contributed by atoms with E-state index < -0.39 is 5.60 Å². The average Bonchev–Trinajstić information content (AvgIpc) is 3.58. The molecular formula is C31H37ClFN3O4S. The fourth-order valence-corrected chi connectivity index (χ4v) is 7.45. The van der Waals surface area contributed by atoms with Crippen LogP contribution in [-0.4, -0.2) is 60.2 Å². The lowest BCUT2D eigenvalue weighted by Crippen LogP contribution is -2.43. The predicted octanol–water partition coefficient (Wildman–Crippen LogP) is 7.56. The summed E-state index contributed by atoms with van der Waals surface area (Å²) in [5.74, 6) is -0.376. The summed E-state index contributed by atoms with van der Waals surface area (Å²) in [6, 6.07) is 5.96. The van der Waals surface area contributed by atoms with Crippen LogP contribution in [0.4, 0.5) is 14.9 Å². The Labute approximate surface area is 249 Å². The molecule has 5 heterocycles. The fourth-order valence-electron chi connectivity index (χ4n) is 6.13. The standard InChI is InChI=1S/C31H37ClFN3O4S/c1-31(2,3)40-30(37)35-11-9-21(17-35)36-10-6-7-19-13-20(32)14-23(28(19)36)27-24(33)16-34-25-15-22(41-29(25)27)18-39-26-8-4-5-12-38-26/h13-16,21,26H,4-12,17-18H2,1-3H3/t21-,26?/m0/s1. The molecule has 0 bridgehead atoms. The van der Waals surface area contributed by atoms with Gasteiger partial charge in [-0.25, -0.2) is 9.18 Å². The zero-order chi connectivity index (χ0) is 28.7. The molecule has 220 valence electrons. The van der Waals surface area contributed by atoms with Crippen molar-refractivity contribution in [3.05, 3.63) is 45.7 Å². The number of rotatable bonds is 5. The van der Waals surface area contributed by atoms with Gasteiger partial charge in [0.15, 0.2) is 12.1 Å². The lowest BCUT2D eigenvalue weighted by Gasteiger charge is -2.38. The Hall–Kier alpha value is -2.46. The molecular weight excluding hydrogens is 565 g/mol. The Morgan fingerprint density at radius 2 is 2.05 bits per heavy atom. The molecule has 3 aliphatic rings. The summed E-state index contributed by atoms with van der Waals surface area (Å²) in [5.41, 5.74) is 3.60. The third-order valence-corrected chi connectivity index (χ3v) is 9.24. The van der Waals surface area contributed by atoms with Gasteiger partial charge in [0.2, 0.25) is 0 Å². The predicted molar refractivity (Wildman–Crippen MR) is 160 cm³/mol. The molecule has 1 aromatic carbocycles. The number of likely N-dealkylation sites (tertiary alicyclic amines) is 1. The second-order valence-corrected chi connectivity index (χ2v) is 13.7. The van der Waals surface area contributed by atoms with Crippen molar-refractivity contribution in [2.45, 2.75) is 83.8 Å². The highest BCUT2D eigenvalue weighted by atomic mass is 35.5. The van der Waals surface area contributed by atoms with Gasteiger partial charge in [-0.1, -0.05) is 11.6 Å². The number of aromatic nitrogens is 1. The van der Waals surface area contributed by atoms with Gasteiger partial charge in [-0.3, -0.25) is 4.98 Å². The number of thiophene rings is 1. The van der Waals surface area contributed by atoms with Crippen LogP contribution >= 0.6 is 22.9 Å². The molecule has 0 aliphatic carbocycles. The number of fused-ring (bicyclic) bond motifs is 2. The van der Waals surface area contributed by atoms with Gasteiger partial charge < -0.3 is 24.0 Å². The number of hydrogen-bond donors (Lipinski definition) is 0. The minimum atomic E-state index is -0.547. The van der Waals surface area contributed by atoms with Crippen LogP contribution in [0.1, 0.15) is 63.3 Å². The summed E-state index contributed by atoms with van der Waals surface area (Å²) in [5, 5.41) is 0.585. The smallest absolute Gasteiger partial charge is 0.410 e. The molecule has 7 nitrogen and oxygen atoms in total. The van der Waals surface area contributed by atoms with E-state index in [1.54, 1.807) is 4.90 Å². The maximum Gasteiger partial charge on any atom is 0.410 e. The van der Waals surface area contributed by atoms with Gasteiger partial charge in [-0.05, 0) is 83.1 Å². The first-order chi connectivity index (χ1) is 19.7. The van der Waals surface area contributed by atoms with Crippen molar-refractivity contribution in [3.8, 4) is 11.1 Å². The van der Waals surface area contributed by atoms with Gasteiger partial charge in [0.1, 0.15) is 5.60 Å². The highest BCUT2D eigenvalue weighted by Crippen LogP contribution is 2.46. The largest absolute Gasteiger partial charge is 0.444 e. The van der Waals surface area contributed by atoms with Crippen molar-refractivity contribution in [2.24, 2.45) is 0 Å². The van der Waals surface area contributed by atoms with Crippen molar-refractivity contribution >= 4 is 44.9 Å². The van der Waals surface area contributed by atoms with Crippen molar-refractivity contribution in [1.29, 1.82) is 0 Å². The van der Waals surface area contributed by atoms with Crippen molar-refractivity contribution in [2.75, 3.05) is 31.1 Å². The maximum atomic E-state index is 15.8. The monoisotopic (exact) mass is 601 g/mol. The van der Waals surface area contributed by atoms with E-state index in [0.29, 0.717) is 30.3 Å². The van der Waals surface area contributed by atoms with E-state index in [-0.39, 0.29) is 24.2 Å². The Morgan fingerprint density at radius 3 is 2.83 bits per heavy atom. The van der Waals surface area contributed by atoms with E-state index in [1.165, 1.54) is 17.5 Å². The van der Waals surface area contributed by atoms with E-state index in [1.807, 2.05) is 39.0 Å². The number of benzene rings is 1. The van der Waals surface area contributed by atoms with Crippen LogP contribution in [0, 0.1) is 5.82 Å². The van der Waals surface area contributed by atoms with Crippen LogP contribution in [0.5, 0.6) is 0 Å². The molecule has 3 aromatic rings. The minimum Gasteiger partial charge on any atom is -0.444 e. The third-order valence-electron chi connectivity index (χ3n) is 7.91. The van der Waals surface area contributed by atoms with Gasteiger partial charge in [-0.15, -0.1) is 11.3 Å². The molecule has 1 amide bonds. The fraction of sp³-hybridized carbons (Fsp3) is 0.548. The van der Waals surface area contributed by atoms with Crippen molar-refractivity contribution in [3.63, 3.8) is 0 Å². The van der Waals surface area contributed by atoms with Crippen LogP contribution < -0.4 is 4.90 Å². The molecule has 2 saturated heterocycles. The zero-order valence-corrected chi connectivity index (χ0v) is 25.5. The molecule has 10 heteroatoms. The quantitative estimate of drug-likeness (QED) is 0.301. The van der Waals surface area contributed by atoms with Gasteiger partial charge >= 0.3 is 6.09 Å². The van der Waals surface area contributed by atoms with Crippen LogP contribution in [0.25, 0.3) is 21.3 Å². The van der Waals surface area contributed by atoms with Crippen LogP contribution in [0.3, 0.4) is 0 Å². The first-order valence-electron chi connectivity index (χ1n) is 14.5. The molecule has 0 radical (unpaired) electrons. The lowest BCUT2D eigenvalue weighted by atomic mass is 9.92. The summed E-state index contributed by atoms with van der Waals surface area (Å²) in [7, 11) is 0. The summed E-state index contributed by atoms with van der Waals surface area (Å²) >= 11 is 8.16. The number of halogens is 2. The van der Waals surface area contributed by atoms with Gasteiger partial charge in [0.25, 0.3) is 0 Å². The second-order valence-electron chi connectivity index (χ2n) is 12.1. The van der Waals surface area contributed by atoms with Gasteiger partial charge in [0, 0.05) is 59.0 Å². The van der Waals surface area contributed by atoms with Crippen molar-refractivity contribution < 1.29 is 23.4 Å². The number of ether oxygens (including phenoxy) is 3. The molecule has 41 heavy (non-hydrogen) atoms. The molecule has 2 aromatic heterocycles. The molecule has 6 rings (SSSR count). The first kappa shape index (κ1) is 28.6. The number of carbonyl (C=O) groups is 1. The van der Waals surface area contributed by atoms with Gasteiger partial charge in [0.05, 0.1) is 23.0 Å². The molecule has 2 atom stereocenters. The number of aryl methyl sites for hydroxylation is 1. The number of hydrogen-bond acceptors (Lipinski definition) is 7. The number of carbonyl (C=O) groups excluding carboxylic acids is 1.